The van der Waals surface area contributed by atoms with Crippen molar-refractivity contribution in [2.45, 2.75) is 19.0 Å². The number of halogens is 4. The smallest absolute Gasteiger partial charge is 0.416 e. The second-order valence-corrected chi connectivity index (χ2v) is 6.13. The van der Waals surface area contributed by atoms with E-state index in [-0.39, 0.29) is 24.2 Å². The van der Waals surface area contributed by atoms with Crippen LogP contribution < -0.4 is 0 Å². The summed E-state index contributed by atoms with van der Waals surface area (Å²) in [4.78, 5) is 16.1. The summed E-state index contributed by atoms with van der Waals surface area (Å²) >= 11 is 6.20. The van der Waals surface area contributed by atoms with Crippen molar-refractivity contribution in [2.24, 2.45) is 0 Å². The maximum absolute atomic E-state index is 13.0. The molecule has 0 saturated carbocycles. The molecular weight excluding hydrogens is 367 g/mol. The van der Waals surface area contributed by atoms with Gasteiger partial charge < -0.3 is 4.42 Å². The van der Waals surface area contributed by atoms with E-state index in [4.69, 9.17) is 16.0 Å². The Morgan fingerprint density at radius 2 is 1.88 bits per heavy atom. The monoisotopic (exact) mass is 379 g/mol. The van der Waals surface area contributed by atoms with Crippen LogP contribution in [-0.2, 0) is 23.8 Å². The second kappa shape index (κ2) is 7.33. The molecule has 0 fully saturated rings. The number of hydrogen-bond acceptors (Lipinski definition) is 3. The SMILES string of the molecule is O=C(Cc1ccc(-c2cnco2)c(Cl)c1)Cc1ccccc1C(F)(F)F. The molecule has 3 rings (SSSR count). The van der Waals surface area contributed by atoms with Gasteiger partial charge in [0.05, 0.1) is 16.8 Å². The first-order valence-electron chi connectivity index (χ1n) is 7.68. The van der Waals surface area contributed by atoms with Crippen LogP contribution in [0, 0.1) is 0 Å². The van der Waals surface area contributed by atoms with Crippen molar-refractivity contribution in [1.29, 1.82) is 0 Å². The molecule has 7 heteroatoms. The van der Waals surface area contributed by atoms with Crippen molar-refractivity contribution in [3.63, 3.8) is 0 Å². The quantitative estimate of drug-likeness (QED) is 0.598. The predicted octanol–water partition coefficient (Wildman–Crippen LogP) is 5.37. The second-order valence-electron chi connectivity index (χ2n) is 5.73. The molecule has 26 heavy (non-hydrogen) atoms. The van der Waals surface area contributed by atoms with Gasteiger partial charge in [-0.15, -0.1) is 0 Å². The van der Waals surface area contributed by atoms with Gasteiger partial charge in [0, 0.05) is 18.4 Å². The summed E-state index contributed by atoms with van der Waals surface area (Å²) in [7, 11) is 0. The van der Waals surface area contributed by atoms with E-state index < -0.39 is 11.7 Å². The first-order chi connectivity index (χ1) is 12.3. The number of rotatable bonds is 5. The zero-order valence-corrected chi connectivity index (χ0v) is 14.1. The van der Waals surface area contributed by atoms with Crippen LogP contribution in [0.15, 0.2) is 59.5 Å². The van der Waals surface area contributed by atoms with Gasteiger partial charge in [-0.3, -0.25) is 4.79 Å². The first-order valence-corrected chi connectivity index (χ1v) is 8.06. The van der Waals surface area contributed by atoms with E-state index in [2.05, 4.69) is 4.98 Å². The number of oxazole rings is 1. The van der Waals surface area contributed by atoms with Crippen LogP contribution in [0.25, 0.3) is 11.3 Å². The van der Waals surface area contributed by atoms with Crippen molar-refractivity contribution >= 4 is 17.4 Å². The number of nitrogens with zero attached hydrogens (tertiary/aromatic N) is 1. The molecule has 0 spiro atoms. The highest BCUT2D eigenvalue weighted by molar-refractivity contribution is 6.33. The molecule has 0 amide bonds. The number of alkyl halides is 3. The fraction of sp³-hybridized carbons (Fsp3) is 0.158. The van der Waals surface area contributed by atoms with E-state index in [1.165, 1.54) is 30.8 Å². The fourth-order valence-corrected chi connectivity index (χ4v) is 2.97. The lowest BCUT2D eigenvalue weighted by Gasteiger charge is -2.12. The third kappa shape index (κ3) is 4.14. The Balaban J connectivity index is 1.74. The number of hydrogen-bond donors (Lipinski definition) is 0. The Morgan fingerprint density at radius 1 is 1.12 bits per heavy atom. The summed E-state index contributed by atoms with van der Waals surface area (Å²) in [6.07, 6.45) is -2.00. The molecule has 0 aliphatic heterocycles. The van der Waals surface area contributed by atoms with Gasteiger partial charge in [-0.2, -0.15) is 13.2 Å². The molecule has 0 bridgehead atoms. The Bertz CT molecular complexity index is 921. The van der Waals surface area contributed by atoms with E-state index in [9.17, 15) is 18.0 Å². The van der Waals surface area contributed by atoms with E-state index in [1.54, 1.807) is 18.2 Å². The third-order valence-electron chi connectivity index (χ3n) is 3.84. The molecule has 3 aromatic rings. The first kappa shape index (κ1) is 18.2. The van der Waals surface area contributed by atoms with Gasteiger partial charge in [0.15, 0.2) is 12.2 Å². The van der Waals surface area contributed by atoms with Crippen LogP contribution in [0.2, 0.25) is 5.02 Å². The standard InChI is InChI=1S/C19H13ClF3NO2/c20-17-8-12(5-6-15(17)18-10-24-11-26-18)7-14(25)9-13-3-1-2-4-16(13)19(21,22)23/h1-6,8,10-11H,7,9H2. The van der Waals surface area contributed by atoms with E-state index in [1.807, 2.05) is 0 Å². The Labute approximate surface area is 152 Å². The number of carbonyl (C=O) groups is 1. The highest BCUT2D eigenvalue weighted by Crippen LogP contribution is 2.32. The molecular formula is C19H13ClF3NO2. The molecule has 0 aliphatic rings. The van der Waals surface area contributed by atoms with Crippen molar-refractivity contribution in [2.75, 3.05) is 0 Å². The molecule has 1 aromatic heterocycles. The number of ketones is 1. The van der Waals surface area contributed by atoms with Gasteiger partial charge in [-0.05, 0) is 29.3 Å². The van der Waals surface area contributed by atoms with Crippen molar-refractivity contribution in [3.05, 3.63) is 76.8 Å². The van der Waals surface area contributed by atoms with Gasteiger partial charge in [-0.25, -0.2) is 4.98 Å². The van der Waals surface area contributed by atoms with Crippen molar-refractivity contribution in [3.8, 4) is 11.3 Å². The van der Waals surface area contributed by atoms with Crippen LogP contribution in [0.5, 0.6) is 0 Å². The minimum absolute atomic E-state index is 0.0113. The zero-order chi connectivity index (χ0) is 18.7. The molecule has 134 valence electrons. The van der Waals surface area contributed by atoms with Gasteiger partial charge in [0.2, 0.25) is 0 Å². The fourth-order valence-electron chi connectivity index (χ4n) is 2.67. The average Bonchev–Trinajstić information content (AvgIpc) is 3.08. The summed E-state index contributed by atoms with van der Waals surface area (Å²) in [6, 6.07) is 10.1. The number of benzene rings is 2. The largest absolute Gasteiger partial charge is 0.443 e. The summed E-state index contributed by atoms with van der Waals surface area (Å²) in [5, 5.41) is 0.378. The highest BCUT2D eigenvalue weighted by atomic mass is 35.5. The Hall–Kier alpha value is -2.60. The van der Waals surface area contributed by atoms with Gasteiger partial charge >= 0.3 is 6.18 Å². The lowest BCUT2D eigenvalue weighted by atomic mass is 9.98. The average molecular weight is 380 g/mol. The molecule has 0 atom stereocenters. The van der Waals surface area contributed by atoms with Gasteiger partial charge in [-0.1, -0.05) is 35.9 Å². The highest BCUT2D eigenvalue weighted by Gasteiger charge is 2.33. The maximum atomic E-state index is 13.0. The topological polar surface area (TPSA) is 43.1 Å². The van der Waals surface area contributed by atoms with Gasteiger partial charge in [0.1, 0.15) is 5.78 Å². The summed E-state index contributed by atoms with van der Waals surface area (Å²) in [5.41, 5.74) is 0.428. The van der Waals surface area contributed by atoms with Crippen LogP contribution in [0.3, 0.4) is 0 Å². The van der Waals surface area contributed by atoms with Gasteiger partial charge in [0.25, 0.3) is 0 Å². The normalized spacial score (nSPS) is 11.5. The molecule has 0 saturated heterocycles. The van der Waals surface area contributed by atoms with E-state index in [0.717, 1.165) is 6.07 Å². The van der Waals surface area contributed by atoms with Crippen LogP contribution in [0.4, 0.5) is 13.2 Å². The van der Waals surface area contributed by atoms with Crippen LogP contribution in [-0.4, -0.2) is 10.8 Å². The summed E-state index contributed by atoms with van der Waals surface area (Å²) in [6.45, 7) is 0. The van der Waals surface area contributed by atoms with Crippen molar-refractivity contribution in [1.82, 2.24) is 4.98 Å². The molecule has 0 radical (unpaired) electrons. The minimum atomic E-state index is -4.49. The lowest BCUT2D eigenvalue weighted by Crippen LogP contribution is -2.13. The number of Topliss-reactive ketones (excluding diaryl/α,β-unsaturated/α-hetero) is 1. The molecule has 0 unspecified atom stereocenters. The summed E-state index contributed by atoms with van der Waals surface area (Å²) < 4.78 is 44.2. The molecule has 0 aliphatic carbocycles. The molecule has 1 heterocycles. The van der Waals surface area contributed by atoms with Crippen molar-refractivity contribution < 1.29 is 22.4 Å². The summed E-state index contributed by atoms with van der Waals surface area (Å²) in [5.74, 6) is 0.164. The number of carbonyl (C=O) groups excluding carboxylic acids is 1. The lowest BCUT2D eigenvalue weighted by molar-refractivity contribution is -0.138. The van der Waals surface area contributed by atoms with Crippen LogP contribution in [0.1, 0.15) is 16.7 Å². The minimum Gasteiger partial charge on any atom is -0.443 e. The predicted molar refractivity (Wildman–Crippen MR) is 90.8 cm³/mol. The molecule has 3 nitrogen and oxygen atoms in total. The molecule has 0 N–H and O–H groups in total. The molecule has 2 aromatic carbocycles. The van der Waals surface area contributed by atoms with Crippen LogP contribution >= 0.6 is 11.6 Å². The number of aromatic nitrogens is 1. The zero-order valence-electron chi connectivity index (χ0n) is 13.4. The van der Waals surface area contributed by atoms with E-state index >= 15 is 0 Å². The Kier molecular flexibility index (Phi) is 5.13. The van der Waals surface area contributed by atoms with E-state index in [0.29, 0.717) is 21.9 Å². The Morgan fingerprint density at radius 3 is 2.54 bits per heavy atom. The maximum Gasteiger partial charge on any atom is 0.416 e. The third-order valence-corrected chi connectivity index (χ3v) is 4.16.